The van der Waals surface area contributed by atoms with Gasteiger partial charge >= 0.3 is 0 Å². The van der Waals surface area contributed by atoms with Crippen LogP contribution < -0.4 is 0 Å². The number of hydrogen-bond acceptors (Lipinski definition) is 0. The van der Waals surface area contributed by atoms with Gasteiger partial charge in [0.2, 0.25) is 0 Å². The second-order valence-electron chi connectivity index (χ2n) is 6.97. The van der Waals surface area contributed by atoms with E-state index in [0.29, 0.717) is 0 Å². The van der Waals surface area contributed by atoms with Crippen molar-refractivity contribution in [2.75, 3.05) is 0 Å². The Morgan fingerprint density at radius 1 is 0.714 bits per heavy atom. The third kappa shape index (κ3) is 11.0. The molecular weight excluding hydrogens is 252 g/mol. The SMILES string of the molecule is C=C(CC(CCCCC)CCCCC)C(CC)CCCC. The van der Waals surface area contributed by atoms with Gasteiger partial charge in [0.05, 0.1) is 0 Å². The van der Waals surface area contributed by atoms with Crippen molar-refractivity contribution in [1.29, 1.82) is 0 Å². The van der Waals surface area contributed by atoms with Crippen LogP contribution in [0, 0.1) is 11.8 Å². The maximum atomic E-state index is 4.48. The molecule has 0 aliphatic heterocycles. The van der Waals surface area contributed by atoms with Crippen molar-refractivity contribution < 1.29 is 0 Å². The molecule has 0 amide bonds. The summed E-state index contributed by atoms with van der Waals surface area (Å²) in [4.78, 5) is 0. The van der Waals surface area contributed by atoms with Crippen LogP contribution in [0.5, 0.6) is 0 Å². The highest BCUT2D eigenvalue weighted by Crippen LogP contribution is 2.30. The second kappa shape index (κ2) is 14.7. The molecular formula is C21H42. The Morgan fingerprint density at radius 2 is 1.24 bits per heavy atom. The minimum absolute atomic E-state index is 0.782. The van der Waals surface area contributed by atoms with Crippen molar-refractivity contribution in [2.45, 2.75) is 111 Å². The normalized spacial score (nSPS) is 12.8. The molecule has 0 rings (SSSR count). The summed E-state index contributed by atoms with van der Waals surface area (Å²) >= 11 is 0. The molecule has 0 aromatic carbocycles. The zero-order valence-corrected chi connectivity index (χ0v) is 15.6. The monoisotopic (exact) mass is 294 g/mol. The van der Waals surface area contributed by atoms with Crippen molar-refractivity contribution in [1.82, 2.24) is 0 Å². The van der Waals surface area contributed by atoms with Gasteiger partial charge in [0.1, 0.15) is 0 Å². The van der Waals surface area contributed by atoms with Gasteiger partial charge in [-0.2, -0.15) is 0 Å². The molecule has 0 bridgehead atoms. The molecule has 0 aromatic heterocycles. The molecule has 0 fully saturated rings. The van der Waals surface area contributed by atoms with Gasteiger partial charge in [-0.25, -0.2) is 0 Å². The summed E-state index contributed by atoms with van der Waals surface area (Å²) in [6, 6.07) is 0. The van der Waals surface area contributed by atoms with Crippen LogP contribution in [0.3, 0.4) is 0 Å². The van der Waals surface area contributed by atoms with E-state index in [2.05, 4.69) is 34.3 Å². The van der Waals surface area contributed by atoms with Crippen molar-refractivity contribution in [2.24, 2.45) is 11.8 Å². The van der Waals surface area contributed by atoms with Crippen LogP contribution in [0.25, 0.3) is 0 Å². The lowest BCUT2D eigenvalue weighted by Crippen LogP contribution is -2.09. The third-order valence-corrected chi connectivity index (χ3v) is 4.96. The Labute approximate surface area is 135 Å². The first kappa shape index (κ1) is 20.7. The number of rotatable bonds is 15. The largest absolute Gasteiger partial charge is 0.0996 e. The summed E-state index contributed by atoms with van der Waals surface area (Å²) in [6.45, 7) is 13.7. The predicted octanol–water partition coefficient (Wildman–Crippen LogP) is 7.93. The zero-order chi connectivity index (χ0) is 15.9. The van der Waals surface area contributed by atoms with Crippen molar-refractivity contribution in [3.8, 4) is 0 Å². The molecule has 0 aromatic rings. The van der Waals surface area contributed by atoms with Gasteiger partial charge in [-0.3, -0.25) is 0 Å². The van der Waals surface area contributed by atoms with Crippen molar-refractivity contribution >= 4 is 0 Å². The Balaban J connectivity index is 4.27. The van der Waals surface area contributed by atoms with Gasteiger partial charge in [0.15, 0.2) is 0 Å². The van der Waals surface area contributed by atoms with E-state index >= 15 is 0 Å². The average molecular weight is 295 g/mol. The van der Waals surface area contributed by atoms with Crippen LogP contribution in [0.4, 0.5) is 0 Å². The molecule has 126 valence electrons. The Kier molecular flexibility index (Phi) is 14.5. The van der Waals surface area contributed by atoms with Crippen LogP contribution in [-0.2, 0) is 0 Å². The lowest BCUT2D eigenvalue weighted by Gasteiger charge is -2.23. The summed E-state index contributed by atoms with van der Waals surface area (Å²) in [7, 11) is 0. The molecule has 0 heteroatoms. The van der Waals surface area contributed by atoms with E-state index in [9.17, 15) is 0 Å². The van der Waals surface area contributed by atoms with Crippen LogP contribution in [0.15, 0.2) is 12.2 Å². The lowest BCUT2D eigenvalue weighted by atomic mass is 9.82. The van der Waals surface area contributed by atoms with Gasteiger partial charge in [0.25, 0.3) is 0 Å². The van der Waals surface area contributed by atoms with E-state index in [0.717, 1.165) is 11.8 Å². The molecule has 1 unspecified atom stereocenters. The summed E-state index contributed by atoms with van der Waals surface area (Å²) in [6.07, 6.45) is 17.9. The Bertz CT molecular complexity index is 218. The van der Waals surface area contributed by atoms with E-state index in [1.165, 1.54) is 83.5 Å². The summed E-state index contributed by atoms with van der Waals surface area (Å²) in [5.74, 6) is 1.69. The van der Waals surface area contributed by atoms with Crippen LogP contribution in [-0.4, -0.2) is 0 Å². The molecule has 0 saturated carbocycles. The fourth-order valence-electron chi connectivity index (χ4n) is 3.40. The Hall–Kier alpha value is -0.260. The molecule has 0 spiro atoms. The van der Waals surface area contributed by atoms with Gasteiger partial charge in [0, 0.05) is 0 Å². The molecule has 0 radical (unpaired) electrons. The molecule has 0 aliphatic rings. The number of hydrogen-bond donors (Lipinski definition) is 0. The highest BCUT2D eigenvalue weighted by Gasteiger charge is 2.15. The fourth-order valence-corrected chi connectivity index (χ4v) is 3.40. The Morgan fingerprint density at radius 3 is 1.67 bits per heavy atom. The molecule has 0 heterocycles. The van der Waals surface area contributed by atoms with E-state index in [1.807, 2.05) is 0 Å². The highest BCUT2D eigenvalue weighted by atomic mass is 14.2. The van der Waals surface area contributed by atoms with E-state index in [4.69, 9.17) is 0 Å². The van der Waals surface area contributed by atoms with Crippen LogP contribution >= 0.6 is 0 Å². The molecule has 0 nitrogen and oxygen atoms in total. The smallest absolute Gasteiger partial charge is 0.0208 e. The quantitative estimate of drug-likeness (QED) is 0.212. The standard InChI is InChI=1S/C21H42/c1-6-10-13-15-20(16-14-11-7-2)18-19(5)21(9-4)17-12-8-3/h20-21H,5-18H2,1-4H3. The number of unbranched alkanes of at least 4 members (excludes halogenated alkanes) is 5. The zero-order valence-electron chi connectivity index (χ0n) is 15.6. The molecule has 0 N–H and O–H groups in total. The van der Waals surface area contributed by atoms with Gasteiger partial charge < -0.3 is 0 Å². The maximum Gasteiger partial charge on any atom is -0.0208 e. The predicted molar refractivity (Wildman–Crippen MR) is 98.8 cm³/mol. The summed E-state index contributed by atoms with van der Waals surface area (Å²) in [5.41, 5.74) is 1.56. The maximum absolute atomic E-state index is 4.48. The second-order valence-corrected chi connectivity index (χ2v) is 6.97. The fraction of sp³-hybridized carbons (Fsp3) is 0.905. The molecule has 21 heavy (non-hydrogen) atoms. The molecule has 0 saturated heterocycles. The lowest BCUT2D eigenvalue weighted by molar-refractivity contribution is 0.383. The van der Waals surface area contributed by atoms with E-state index < -0.39 is 0 Å². The van der Waals surface area contributed by atoms with Gasteiger partial charge in [-0.15, -0.1) is 0 Å². The first-order valence-corrected chi connectivity index (χ1v) is 9.87. The minimum atomic E-state index is 0.782. The summed E-state index contributed by atoms with van der Waals surface area (Å²) in [5, 5.41) is 0. The summed E-state index contributed by atoms with van der Waals surface area (Å²) < 4.78 is 0. The molecule has 0 aliphatic carbocycles. The minimum Gasteiger partial charge on any atom is -0.0996 e. The highest BCUT2D eigenvalue weighted by molar-refractivity contribution is 5.01. The van der Waals surface area contributed by atoms with Crippen molar-refractivity contribution in [3.05, 3.63) is 12.2 Å². The first-order chi connectivity index (χ1) is 10.2. The molecule has 1 atom stereocenters. The van der Waals surface area contributed by atoms with Gasteiger partial charge in [-0.1, -0.05) is 104 Å². The van der Waals surface area contributed by atoms with Crippen LogP contribution in [0.2, 0.25) is 0 Å². The average Bonchev–Trinajstić information content (AvgIpc) is 2.48. The number of allylic oxidation sites excluding steroid dienone is 1. The van der Waals surface area contributed by atoms with E-state index in [-0.39, 0.29) is 0 Å². The third-order valence-electron chi connectivity index (χ3n) is 4.96. The topological polar surface area (TPSA) is 0 Å². The van der Waals surface area contributed by atoms with Crippen molar-refractivity contribution in [3.63, 3.8) is 0 Å². The van der Waals surface area contributed by atoms with Gasteiger partial charge in [-0.05, 0) is 31.1 Å². The van der Waals surface area contributed by atoms with E-state index in [1.54, 1.807) is 5.57 Å². The van der Waals surface area contributed by atoms with Crippen LogP contribution in [0.1, 0.15) is 111 Å². The first-order valence-electron chi connectivity index (χ1n) is 9.87.